The van der Waals surface area contributed by atoms with Gasteiger partial charge in [0, 0.05) is 12.6 Å². The number of likely N-dealkylation sites (tertiary alicyclic amines) is 1. The van der Waals surface area contributed by atoms with Crippen molar-refractivity contribution < 1.29 is 13.2 Å². The van der Waals surface area contributed by atoms with Crippen LogP contribution in [0.15, 0.2) is 21.7 Å². The van der Waals surface area contributed by atoms with Crippen LogP contribution in [0.3, 0.4) is 0 Å². The molecule has 0 saturated carbocycles. The summed E-state index contributed by atoms with van der Waals surface area (Å²) in [4.78, 5) is 2.40. The van der Waals surface area contributed by atoms with Crippen LogP contribution in [0.25, 0.3) is 0 Å². The summed E-state index contributed by atoms with van der Waals surface area (Å²) in [5.41, 5.74) is 0. The van der Waals surface area contributed by atoms with Gasteiger partial charge in [-0.15, -0.1) is 11.3 Å². The van der Waals surface area contributed by atoms with Crippen molar-refractivity contribution in [2.75, 3.05) is 19.6 Å². The molecule has 5 nitrogen and oxygen atoms in total. The van der Waals surface area contributed by atoms with E-state index in [-0.39, 0.29) is 6.04 Å². The van der Waals surface area contributed by atoms with E-state index in [1.54, 1.807) is 17.5 Å². The Morgan fingerprint density at radius 3 is 2.68 bits per heavy atom. The fourth-order valence-electron chi connectivity index (χ4n) is 3.23. The van der Waals surface area contributed by atoms with Gasteiger partial charge in [-0.05, 0) is 57.1 Å². The SMILES string of the molecule is C[C@@H]1CC[C@@H](CN2CCC(NS(=O)(=O)c3cccs3)CC2)O1. The summed E-state index contributed by atoms with van der Waals surface area (Å²) in [7, 11) is -3.34. The van der Waals surface area contributed by atoms with Gasteiger partial charge in [-0.3, -0.25) is 0 Å². The molecule has 0 aromatic carbocycles. The van der Waals surface area contributed by atoms with Crippen molar-refractivity contribution in [3.8, 4) is 0 Å². The Hall–Kier alpha value is -0.470. The molecule has 0 amide bonds. The molecule has 2 atom stereocenters. The lowest BCUT2D eigenvalue weighted by Gasteiger charge is -2.33. The summed E-state index contributed by atoms with van der Waals surface area (Å²) in [6.07, 6.45) is 4.78. The molecule has 1 aromatic heterocycles. The predicted molar refractivity (Wildman–Crippen MR) is 87.7 cm³/mol. The zero-order valence-corrected chi connectivity index (χ0v) is 14.5. The van der Waals surface area contributed by atoms with Crippen LogP contribution >= 0.6 is 11.3 Å². The monoisotopic (exact) mass is 344 g/mol. The number of hydrogen-bond acceptors (Lipinski definition) is 5. The molecule has 0 spiro atoms. The van der Waals surface area contributed by atoms with Crippen LogP contribution in [0.5, 0.6) is 0 Å². The second-order valence-electron chi connectivity index (χ2n) is 6.27. The molecule has 22 heavy (non-hydrogen) atoms. The highest BCUT2D eigenvalue weighted by Gasteiger charge is 2.28. The van der Waals surface area contributed by atoms with E-state index in [4.69, 9.17) is 4.74 Å². The Labute approximate surface area is 136 Å². The van der Waals surface area contributed by atoms with E-state index in [0.29, 0.717) is 16.4 Å². The lowest BCUT2D eigenvalue weighted by atomic mass is 10.1. The zero-order valence-electron chi connectivity index (χ0n) is 12.9. The predicted octanol–water partition coefficient (Wildman–Crippen LogP) is 2.06. The average Bonchev–Trinajstić information content (AvgIpc) is 3.13. The number of hydrogen-bond donors (Lipinski definition) is 1. The van der Waals surface area contributed by atoms with Crippen LogP contribution < -0.4 is 4.72 Å². The maximum atomic E-state index is 12.2. The van der Waals surface area contributed by atoms with Crippen molar-refractivity contribution >= 4 is 21.4 Å². The Morgan fingerprint density at radius 2 is 2.09 bits per heavy atom. The second-order valence-corrected chi connectivity index (χ2v) is 9.16. The van der Waals surface area contributed by atoms with Crippen molar-refractivity contribution in [2.24, 2.45) is 0 Å². The van der Waals surface area contributed by atoms with Gasteiger partial charge >= 0.3 is 0 Å². The lowest BCUT2D eigenvalue weighted by Crippen LogP contribution is -2.46. The number of sulfonamides is 1. The Bertz CT molecular complexity index is 566. The van der Waals surface area contributed by atoms with Crippen LogP contribution in [0.4, 0.5) is 0 Å². The second kappa shape index (κ2) is 6.97. The molecule has 0 bridgehead atoms. The van der Waals surface area contributed by atoms with Gasteiger partial charge in [-0.1, -0.05) is 6.07 Å². The first-order chi connectivity index (χ1) is 10.5. The fraction of sp³-hybridized carbons (Fsp3) is 0.733. The molecule has 0 radical (unpaired) electrons. The number of rotatable bonds is 5. The molecule has 7 heteroatoms. The molecule has 2 fully saturated rings. The first-order valence-corrected chi connectivity index (χ1v) is 10.3. The van der Waals surface area contributed by atoms with Crippen molar-refractivity contribution in [1.82, 2.24) is 9.62 Å². The van der Waals surface area contributed by atoms with Crippen molar-refractivity contribution in [3.05, 3.63) is 17.5 Å². The van der Waals surface area contributed by atoms with E-state index in [2.05, 4.69) is 16.5 Å². The highest BCUT2D eigenvalue weighted by Crippen LogP contribution is 2.22. The third-order valence-electron chi connectivity index (χ3n) is 4.45. The van der Waals surface area contributed by atoms with Gasteiger partial charge in [0.2, 0.25) is 10.0 Å². The van der Waals surface area contributed by atoms with Gasteiger partial charge in [0.25, 0.3) is 0 Å². The maximum absolute atomic E-state index is 12.2. The van der Waals surface area contributed by atoms with Gasteiger partial charge in [-0.2, -0.15) is 0 Å². The summed E-state index contributed by atoms with van der Waals surface area (Å²) in [5.74, 6) is 0. The number of nitrogens with zero attached hydrogens (tertiary/aromatic N) is 1. The molecule has 1 N–H and O–H groups in total. The normalized spacial score (nSPS) is 28.2. The van der Waals surface area contributed by atoms with Crippen LogP contribution in [0, 0.1) is 0 Å². The number of nitrogens with one attached hydrogen (secondary N) is 1. The summed E-state index contributed by atoms with van der Waals surface area (Å²) in [6.45, 7) is 4.98. The highest BCUT2D eigenvalue weighted by atomic mass is 32.2. The molecule has 2 aliphatic heterocycles. The minimum Gasteiger partial charge on any atom is -0.374 e. The summed E-state index contributed by atoms with van der Waals surface area (Å²) >= 11 is 1.26. The summed E-state index contributed by atoms with van der Waals surface area (Å²) in [6, 6.07) is 3.47. The smallest absolute Gasteiger partial charge is 0.250 e. The lowest BCUT2D eigenvalue weighted by molar-refractivity contribution is 0.0261. The number of thiophene rings is 1. The maximum Gasteiger partial charge on any atom is 0.250 e. The molecule has 3 rings (SSSR count). The van der Waals surface area contributed by atoms with E-state index >= 15 is 0 Å². The molecule has 0 aliphatic carbocycles. The number of ether oxygens (including phenoxy) is 1. The van der Waals surface area contributed by atoms with Crippen molar-refractivity contribution in [1.29, 1.82) is 0 Å². The van der Waals surface area contributed by atoms with Crippen LogP contribution in [0.2, 0.25) is 0 Å². The topological polar surface area (TPSA) is 58.6 Å². The van der Waals surface area contributed by atoms with E-state index in [9.17, 15) is 8.42 Å². The largest absolute Gasteiger partial charge is 0.374 e. The van der Waals surface area contributed by atoms with Gasteiger partial charge in [0.1, 0.15) is 4.21 Å². The summed E-state index contributed by atoms with van der Waals surface area (Å²) < 4.78 is 33.6. The average molecular weight is 345 g/mol. The first-order valence-electron chi connectivity index (χ1n) is 7.96. The molecule has 0 unspecified atom stereocenters. The summed E-state index contributed by atoms with van der Waals surface area (Å²) in [5, 5.41) is 1.79. The van der Waals surface area contributed by atoms with E-state index in [0.717, 1.165) is 45.3 Å². The minimum absolute atomic E-state index is 0.0479. The van der Waals surface area contributed by atoms with Crippen molar-refractivity contribution in [3.63, 3.8) is 0 Å². The Morgan fingerprint density at radius 1 is 1.32 bits per heavy atom. The van der Waals surface area contributed by atoms with Gasteiger partial charge < -0.3 is 9.64 Å². The first kappa shape index (κ1) is 16.4. The Balaban J connectivity index is 1.46. The molecule has 3 heterocycles. The van der Waals surface area contributed by atoms with Crippen molar-refractivity contribution in [2.45, 2.75) is 55.1 Å². The third kappa shape index (κ3) is 4.08. The molecule has 124 valence electrons. The Kier molecular flexibility index (Phi) is 5.19. The zero-order chi connectivity index (χ0) is 15.6. The molecular weight excluding hydrogens is 320 g/mol. The van der Waals surface area contributed by atoms with Crippen LogP contribution in [-0.2, 0) is 14.8 Å². The molecule has 2 aliphatic rings. The van der Waals surface area contributed by atoms with E-state index in [1.165, 1.54) is 11.3 Å². The van der Waals surface area contributed by atoms with Crippen LogP contribution in [-0.4, -0.2) is 51.2 Å². The van der Waals surface area contributed by atoms with E-state index < -0.39 is 10.0 Å². The molecular formula is C15H24N2O3S2. The van der Waals surface area contributed by atoms with Gasteiger partial charge in [0.15, 0.2) is 0 Å². The van der Waals surface area contributed by atoms with E-state index in [1.807, 2.05) is 0 Å². The van der Waals surface area contributed by atoms with Gasteiger partial charge in [0.05, 0.1) is 12.2 Å². The van der Waals surface area contributed by atoms with Gasteiger partial charge in [-0.25, -0.2) is 13.1 Å². The third-order valence-corrected chi connectivity index (χ3v) is 7.37. The standard InChI is InChI=1S/C15H24N2O3S2/c1-12-4-5-14(20-12)11-17-8-6-13(7-9-17)16-22(18,19)15-3-2-10-21-15/h2-3,10,12-14,16H,4-9,11H2,1H3/t12-,14+/m1/s1. The number of piperidine rings is 1. The molecule has 2 saturated heterocycles. The fourth-order valence-corrected chi connectivity index (χ4v) is 5.55. The van der Waals surface area contributed by atoms with Crippen LogP contribution in [0.1, 0.15) is 32.6 Å². The quantitative estimate of drug-likeness (QED) is 0.888. The minimum atomic E-state index is -3.34. The molecule has 1 aromatic rings. The highest BCUT2D eigenvalue weighted by molar-refractivity contribution is 7.91.